The highest BCUT2D eigenvalue weighted by Gasteiger charge is 2.35. The molecule has 0 aliphatic carbocycles. The van der Waals surface area contributed by atoms with Gasteiger partial charge in [-0.15, -0.1) is 0 Å². The first kappa shape index (κ1) is 20.0. The number of anilines is 1. The number of aryl methyl sites for hydroxylation is 1. The molecule has 4 nitrogen and oxygen atoms in total. The van der Waals surface area contributed by atoms with Gasteiger partial charge in [-0.05, 0) is 61.7 Å². The van der Waals surface area contributed by atoms with Gasteiger partial charge in [0, 0.05) is 5.69 Å². The lowest BCUT2D eigenvalue weighted by atomic mass is 9.86. The van der Waals surface area contributed by atoms with Gasteiger partial charge in [0.15, 0.2) is 11.5 Å². The van der Waals surface area contributed by atoms with Crippen LogP contribution in [0.4, 0.5) is 5.69 Å². The van der Waals surface area contributed by atoms with Gasteiger partial charge in [0.2, 0.25) is 5.91 Å². The van der Waals surface area contributed by atoms with Gasteiger partial charge in [0.1, 0.15) is 0 Å². The zero-order chi connectivity index (χ0) is 21.1. The van der Waals surface area contributed by atoms with Crippen molar-refractivity contribution in [2.45, 2.75) is 33.2 Å². The molecule has 0 saturated heterocycles. The number of rotatable bonds is 6. The minimum Gasteiger partial charge on any atom is -0.490 e. The van der Waals surface area contributed by atoms with Crippen LogP contribution in [-0.2, 0) is 11.2 Å². The summed E-state index contributed by atoms with van der Waals surface area (Å²) in [7, 11) is 0. The van der Waals surface area contributed by atoms with Crippen LogP contribution in [0.15, 0.2) is 66.7 Å². The molecular weight excluding hydrogens is 374 g/mol. The Labute approximate surface area is 178 Å². The van der Waals surface area contributed by atoms with Crippen molar-refractivity contribution < 1.29 is 14.3 Å². The number of benzene rings is 3. The highest BCUT2D eigenvalue weighted by Crippen LogP contribution is 2.43. The highest BCUT2D eigenvalue weighted by atomic mass is 16.5. The number of hydrogen-bond donors (Lipinski definition) is 0. The molecule has 1 aliphatic rings. The third-order valence-corrected chi connectivity index (χ3v) is 5.36. The van der Waals surface area contributed by atoms with E-state index >= 15 is 0 Å². The summed E-state index contributed by atoms with van der Waals surface area (Å²) < 4.78 is 11.7. The molecule has 4 heteroatoms. The monoisotopic (exact) mass is 401 g/mol. The van der Waals surface area contributed by atoms with Crippen molar-refractivity contribution in [3.05, 3.63) is 89.0 Å². The van der Waals surface area contributed by atoms with E-state index in [4.69, 9.17) is 9.47 Å². The van der Waals surface area contributed by atoms with Crippen molar-refractivity contribution in [1.29, 1.82) is 0 Å². The second kappa shape index (κ2) is 8.62. The topological polar surface area (TPSA) is 38.8 Å². The van der Waals surface area contributed by atoms with Crippen molar-refractivity contribution in [3.63, 3.8) is 0 Å². The molecule has 0 saturated carbocycles. The number of fused-ring (bicyclic) bond motifs is 1. The molecule has 4 rings (SSSR count). The smallest absolute Gasteiger partial charge is 0.232 e. The molecule has 0 fully saturated rings. The molecular formula is C26H27NO3. The molecule has 1 amide bonds. The lowest BCUT2D eigenvalue weighted by molar-refractivity contribution is -0.118. The molecule has 1 atom stereocenters. The van der Waals surface area contributed by atoms with Gasteiger partial charge in [-0.3, -0.25) is 4.79 Å². The maximum Gasteiger partial charge on any atom is 0.232 e. The van der Waals surface area contributed by atoms with Gasteiger partial charge in [-0.2, -0.15) is 0 Å². The van der Waals surface area contributed by atoms with E-state index in [1.54, 1.807) is 0 Å². The van der Waals surface area contributed by atoms with Crippen molar-refractivity contribution in [3.8, 4) is 11.5 Å². The predicted molar refractivity (Wildman–Crippen MR) is 119 cm³/mol. The lowest BCUT2D eigenvalue weighted by Gasteiger charge is -2.38. The van der Waals surface area contributed by atoms with Gasteiger partial charge in [-0.1, -0.05) is 48.0 Å². The van der Waals surface area contributed by atoms with Crippen molar-refractivity contribution in [2.24, 2.45) is 0 Å². The molecule has 0 aromatic heterocycles. The molecule has 1 heterocycles. The molecule has 1 aliphatic heterocycles. The second-order valence-electron chi connectivity index (χ2n) is 7.46. The van der Waals surface area contributed by atoms with E-state index in [9.17, 15) is 4.79 Å². The number of nitrogens with zero attached hydrogens (tertiary/aromatic N) is 1. The lowest BCUT2D eigenvalue weighted by Crippen LogP contribution is -2.41. The average molecular weight is 402 g/mol. The summed E-state index contributed by atoms with van der Waals surface area (Å²) in [5.74, 6) is 1.49. The number of hydrogen-bond acceptors (Lipinski definition) is 3. The van der Waals surface area contributed by atoms with Gasteiger partial charge >= 0.3 is 0 Å². The van der Waals surface area contributed by atoms with Crippen LogP contribution >= 0.6 is 0 Å². The summed E-state index contributed by atoms with van der Waals surface area (Å²) in [4.78, 5) is 15.3. The van der Waals surface area contributed by atoms with Crippen LogP contribution < -0.4 is 14.4 Å². The third-order valence-electron chi connectivity index (χ3n) is 5.36. The van der Waals surface area contributed by atoms with Crippen molar-refractivity contribution in [1.82, 2.24) is 0 Å². The van der Waals surface area contributed by atoms with E-state index < -0.39 is 0 Å². The third kappa shape index (κ3) is 3.78. The van der Waals surface area contributed by atoms with Crippen LogP contribution in [0.1, 0.15) is 42.1 Å². The van der Waals surface area contributed by atoms with Gasteiger partial charge in [-0.25, -0.2) is 0 Å². The Morgan fingerprint density at radius 2 is 1.60 bits per heavy atom. The zero-order valence-corrected chi connectivity index (χ0v) is 17.7. The van der Waals surface area contributed by atoms with Crippen LogP contribution in [0.25, 0.3) is 0 Å². The van der Waals surface area contributed by atoms with E-state index in [-0.39, 0.29) is 11.9 Å². The summed E-state index contributed by atoms with van der Waals surface area (Å²) in [5.41, 5.74) is 5.21. The Balaban J connectivity index is 1.93. The molecule has 1 unspecified atom stereocenters. The van der Waals surface area contributed by atoms with E-state index in [0.29, 0.717) is 25.4 Å². The Hall–Kier alpha value is -3.27. The Bertz CT molecular complexity index is 1050. The fraction of sp³-hybridized carbons (Fsp3) is 0.269. The second-order valence-corrected chi connectivity index (χ2v) is 7.46. The van der Waals surface area contributed by atoms with Crippen molar-refractivity contribution in [2.75, 3.05) is 18.1 Å². The number of carbonyl (C=O) groups is 1. The zero-order valence-electron chi connectivity index (χ0n) is 17.7. The van der Waals surface area contributed by atoms with Gasteiger partial charge in [0.05, 0.1) is 25.7 Å². The number of ether oxygens (including phenoxy) is 2. The van der Waals surface area contributed by atoms with Crippen LogP contribution in [0.5, 0.6) is 11.5 Å². The molecule has 3 aromatic carbocycles. The molecule has 0 N–H and O–H groups in total. The minimum absolute atomic E-state index is 0.0758. The van der Waals surface area contributed by atoms with E-state index in [1.165, 1.54) is 0 Å². The van der Waals surface area contributed by atoms with E-state index in [1.807, 2.05) is 61.2 Å². The Kier molecular flexibility index (Phi) is 5.75. The standard InChI is InChI=1S/C26H27NO3/c1-4-29-23-15-20-16-25(28)27(21-12-7-6-8-13-21)26(19-11-9-10-18(3)14-19)22(20)17-24(23)30-5-2/h6-15,17,26H,4-5,16H2,1-3H3. The first-order valence-corrected chi connectivity index (χ1v) is 10.5. The quantitative estimate of drug-likeness (QED) is 0.550. The minimum atomic E-state index is -0.224. The van der Waals surface area contributed by atoms with E-state index in [0.717, 1.165) is 33.7 Å². The summed E-state index contributed by atoms with van der Waals surface area (Å²) in [6.45, 7) is 7.09. The molecule has 30 heavy (non-hydrogen) atoms. The molecule has 0 bridgehead atoms. The summed E-state index contributed by atoms with van der Waals surface area (Å²) in [6.07, 6.45) is 0.332. The Morgan fingerprint density at radius 3 is 2.27 bits per heavy atom. The van der Waals surface area contributed by atoms with Crippen LogP contribution in [0.3, 0.4) is 0 Å². The number of carbonyl (C=O) groups excluding carboxylic acids is 1. The normalized spacial score (nSPS) is 15.6. The van der Waals surface area contributed by atoms with Crippen LogP contribution in [0.2, 0.25) is 0 Å². The Morgan fingerprint density at radius 1 is 0.900 bits per heavy atom. The predicted octanol–water partition coefficient (Wildman–Crippen LogP) is 5.47. The first-order chi connectivity index (χ1) is 14.6. The maximum atomic E-state index is 13.4. The number of para-hydroxylation sites is 1. The maximum absolute atomic E-state index is 13.4. The molecule has 0 spiro atoms. The van der Waals surface area contributed by atoms with Gasteiger partial charge < -0.3 is 14.4 Å². The molecule has 154 valence electrons. The SMILES string of the molecule is CCOc1cc2c(cc1OCC)C(c1cccc(C)c1)N(c1ccccc1)C(=O)C2. The van der Waals surface area contributed by atoms with Gasteiger partial charge in [0.25, 0.3) is 0 Å². The fourth-order valence-corrected chi connectivity index (χ4v) is 4.14. The van der Waals surface area contributed by atoms with Crippen molar-refractivity contribution >= 4 is 11.6 Å². The summed E-state index contributed by atoms with van der Waals surface area (Å²) >= 11 is 0. The summed E-state index contributed by atoms with van der Waals surface area (Å²) in [5, 5.41) is 0. The average Bonchev–Trinajstić information content (AvgIpc) is 2.74. The van der Waals surface area contributed by atoms with Crippen LogP contribution in [-0.4, -0.2) is 19.1 Å². The number of amides is 1. The van der Waals surface area contributed by atoms with Crippen LogP contribution in [0, 0.1) is 6.92 Å². The summed E-state index contributed by atoms with van der Waals surface area (Å²) in [6, 6.07) is 22.1. The first-order valence-electron chi connectivity index (χ1n) is 10.5. The molecule has 3 aromatic rings. The highest BCUT2D eigenvalue weighted by molar-refractivity contribution is 5.98. The largest absolute Gasteiger partial charge is 0.490 e. The fourth-order valence-electron chi connectivity index (χ4n) is 4.14. The van der Waals surface area contributed by atoms with E-state index in [2.05, 4.69) is 31.2 Å². The molecule has 0 radical (unpaired) electrons.